The highest BCUT2D eigenvalue weighted by atomic mass is 32.1. The van der Waals surface area contributed by atoms with E-state index in [0.29, 0.717) is 16.7 Å². The first-order valence-electron chi connectivity index (χ1n) is 6.11. The van der Waals surface area contributed by atoms with Gasteiger partial charge in [0, 0.05) is 0 Å². The van der Waals surface area contributed by atoms with Crippen LogP contribution in [0, 0.1) is 0 Å². The lowest BCUT2D eigenvalue weighted by molar-refractivity contribution is 0.280. The lowest BCUT2D eigenvalue weighted by Gasteiger charge is -2.09. The van der Waals surface area contributed by atoms with E-state index in [4.69, 9.17) is 14.6 Å². The van der Waals surface area contributed by atoms with Gasteiger partial charge in [-0.05, 0) is 29.8 Å². The molecule has 0 fully saturated rings. The van der Waals surface area contributed by atoms with E-state index >= 15 is 0 Å². The van der Waals surface area contributed by atoms with Gasteiger partial charge in [0.05, 0.1) is 23.9 Å². The molecule has 0 aliphatic rings. The summed E-state index contributed by atoms with van der Waals surface area (Å²) in [5.74, 6) is 1.17. The zero-order chi connectivity index (χ0) is 13.9. The van der Waals surface area contributed by atoms with Crippen molar-refractivity contribution in [2.75, 3.05) is 7.11 Å². The predicted octanol–water partition coefficient (Wildman–Crippen LogP) is 3.59. The number of rotatable bonds is 4. The fraction of sp³-hybridized carbons (Fsp3) is 0.133. The summed E-state index contributed by atoms with van der Waals surface area (Å²) in [5, 5.41) is 9.70. The van der Waals surface area contributed by atoms with Crippen LogP contribution >= 0.6 is 11.3 Å². The third-order valence-corrected chi connectivity index (χ3v) is 3.80. The van der Waals surface area contributed by atoms with Crippen molar-refractivity contribution in [1.82, 2.24) is 4.98 Å². The molecule has 0 aliphatic heterocycles. The molecule has 0 bridgehead atoms. The summed E-state index contributed by atoms with van der Waals surface area (Å²) in [6, 6.07) is 13.2. The normalized spacial score (nSPS) is 10.7. The van der Waals surface area contributed by atoms with Gasteiger partial charge in [0.15, 0.2) is 11.5 Å². The summed E-state index contributed by atoms with van der Waals surface area (Å²) < 4.78 is 12.1. The lowest BCUT2D eigenvalue weighted by Crippen LogP contribution is -1.92. The summed E-state index contributed by atoms with van der Waals surface area (Å²) >= 11 is 1.48. The number of aliphatic hydroxyl groups is 1. The largest absolute Gasteiger partial charge is 0.493 e. The van der Waals surface area contributed by atoms with Crippen LogP contribution in [-0.4, -0.2) is 17.2 Å². The highest BCUT2D eigenvalue weighted by Gasteiger charge is 2.10. The van der Waals surface area contributed by atoms with Crippen LogP contribution in [0.2, 0.25) is 0 Å². The van der Waals surface area contributed by atoms with E-state index in [1.165, 1.54) is 11.3 Å². The van der Waals surface area contributed by atoms with Crippen LogP contribution in [0.5, 0.6) is 16.7 Å². The molecule has 5 heteroatoms. The molecule has 20 heavy (non-hydrogen) atoms. The first-order valence-corrected chi connectivity index (χ1v) is 6.93. The number of aliphatic hydroxyl groups excluding tert-OH is 1. The van der Waals surface area contributed by atoms with Crippen molar-refractivity contribution in [3.8, 4) is 16.7 Å². The molecular formula is C15H13NO3S. The molecule has 1 N–H and O–H groups in total. The van der Waals surface area contributed by atoms with E-state index in [1.807, 2.05) is 24.3 Å². The van der Waals surface area contributed by atoms with Gasteiger partial charge in [-0.3, -0.25) is 0 Å². The van der Waals surface area contributed by atoms with E-state index < -0.39 is 0 Å². The molecule has 2 aromatic carbocycles. The van der Waals surface area contributed by atoms with Crippen LogP contribution in [-0.2, 0) is 6.61 Å². The van der Waals surface area contributed by atoms with Crippen molar-refractivity contribution in [3.63, 3.8) is 0 Å². The molecular weight excluding hydrogens is 274 g/mol. The number of ether oxygens (including phenoxy) is 2. The Morgan fingerprint density at radius 1 is 1.15 bits per heavy atom. The molecule has 0 aliphatic carbocycles. The van der Waals surface area contributed by atoms with E-state index in [9.17, 15) is 0 Å². The van der Waals surface area contributed by atoms with Crippen LogP contribution in [0.1, 0.15) is 5.56 Å². The first kappa shape index (κ1) is 12.9. The summed E-state index contributed by atoms with van der Waals surface area (Å²) in [6.07, 6.45) is 0. The van der Waals surface area contributed by atoms with Crippen molar-refractivity contribution in [2.45, 2.75) is 6.61 Å². The number of nitrogens with zero attached hydrogens (tertiary/aromatic N) is 1. The third kappa shape index (κ3) is 2.45. The number of aromatic nitrogens is 1. The molecule has 1 aromatic heterocycles. The third-order valence-electron chi connectivity index (χ3n) is 2.88. The highest BCUT2D eigenvalue weighted by molar-refractivity contribution is 7.20. The minimum Gasteiger partial charge on any atom is -0.493 e. The molecule has 0 radical (unpaired) electrons. The second kappa shape index (κ2) is 5.48. The maximum absolute atomic E-state index is 9.13. The van der Waals surface area contributed by atoms with E-state index in [2.05, 4.69) is 4.98 Å². The smallest absolute Gasteiger partial charge is 0.279 e. The van der Waals surface area contributed by atoms with Crippen LogP contribution in [0.4, 0.5) is 0 Å². The van der Waals surface area contributed by atoms with Gasteiger partial charge in [-0.2, -0.15) is 0 Å². The molecule has 4 nitrogen and oxygen atoms in total. The number of methoxy groups -OCH3 is 1. The van der Waals surface area contributed by atoms with Gasteiger partial charge in [0.25, 0.3) is 5.19 Å². The van der Waals surface area contributed by atoms with Crippen LogP contribution in [0.15, 0.2) is 42.5 Å². The molecule has 0 amide bonds. The van der Waals surface area contributed by atoms with Crippen molar-refractivity contribution in [2.24, 2.45) is 0 Å². The number of fused-ring (bicyclic) bond motifs is 1. The molecule has 0 saturated carbocycles. The van der Waals surface area contributed by atoms with Crippen LogP contribution < -0.4 is 9.47 Å². The number of benzene rings is 2. The second-order valence-electron chi connectivity index (χ2n) is 4.19. The summed E-state index contributed by atoms with van der Waals surface area (Å²) in [6.45, 7) is -0.0300. The van der Waals surface area contributed by atoms with Gasteiger partial charge in [-0.1, -0.05) is 29.5 Å². The maximum Gasteiger partial charge on any atom is 0.279 e. The molecule has 0 atom stereocenters. The zero-order valence-corrected chi connectivity index (χ0v) is 11.7. The van der Waals surface area contributed by atoms with Gasteiger partial charge in [-0.25, -0.2) is 4.98 Å². The summed E-state index contributed by atoms with van der Waals surface area (Å²) in [7, 11) is 1.57. The average molecular weight is 287 g/mol. The van der Waals surface area contributed by atoms with Gasteiger partial charge in [0.2, 0.25) is 0 Å². The number of para-hydroxylation sites is 1. The predicted molar refractivity (Wildman–Crippen MR) is 78.6 cm³/mol. The molecule has 3 rings (SSSR count). The van der Waals surface area contributed by atoms with Gasteiger partial charge in [-0.15, -0.1) is 0 Å². The van der Waals surface area contributed by atoms with Gasteiger partial charge < -0.3 is 14.6 Å². The minimum absolute atomic E-state index is 0.0300. The van der Waals surface area contributed by atoms with Crippen molar-refractivity contribution in [1.29, 1.82) is 0 Å². The molecule has 1 heterocycles. The Bertz CT molecular complexity index is 706. The van der Waals surface area contributed by atoms with Crippen molar-refractivity contribution < 1.29 is 14.6 Å². The van der Waals surface area contributed by atoms with E-state index in [1.54, 1.807) is 25.3 Å². The molecule has 102 valence electrons. The monoisotopic (exact) mass is 287 g/mol. The minimum atomic E-state index is -0.0300. The SMILES string of the molecule is COc1cc(CO)ccc1Oc1nc2ccccc2s1. The first-order chi connectivity index (χ1) is 9.80. The highest BCUT2D eigenvalue weighted by Crippen LogP contribution is 2.36. The topological polar surface area (TPSA) is 51.6 Å². The Morgan fingerprint density at radius 3 is 2.75 bits per heavy atom. The number of hydrogen-bond acceptors (Lipinski definition) is 5. The maximum atomic E-state index is 9.13. The Balaban J connectivity index is 1.93. The summed E-state index contributed by atoms with van der Waals surface area (Å²) in [4.78, 5) is 4.42. The van der Waals surface area contributed by atoms with E-state index in [0.717, 1.165) is 15.8 Å². The second-order valence-corrected chi connectivity index (χ2v) is 5.19. The van der Waals surface area contributed by atoms with Gasteiger partial charge >= 0.3 is 0 Å². The Labute approximate surface area is 120 Å². The lowest BCUT2D eigenvalue weighted by atomic mass is 10.2. The van der Waals surface area contributed by atoms with Gasteiger partial charge in [0.1, 0.15) is 0 Å². The van der Waals surface area contributed by atoms with Crippen LogP contribution in [0.3, 0.4) is 0 Å². The van der Waals surface area contributed by atoms with Crippen molar-refractivity contribution >= 4 is 21.6 Å². The summed E-state index contributed by atoms with van der Waals surface area (Å²) in [5.41, 5.74) is 1.69. The van der Waals surface area contributed by atoms with Crippen LogP contribution in [0.25, 0.3) is 10.2 Å². The Kier molecular flexibility index (Phi) is 3.54. The van der Waals surface area contributed by atoms with E-state index in [-0.39, 0.29) is 6.61 Å². The number of thiazole rings is 1. The zero-order valence-electron chi connectivity index (χ0n) is 10.9. The standard InChI is InChI=1S/C15H13NO3S/c1-18-13-8-10(9-17)6-7-12(13)19-15-16-11-4-2-3-5-14(11)20-15/h2-8,17H,9H2,1H3. The van der Waals surface area contributed by atoms with Crippen molar-refractivity contribution in [3.05, 3.63) is 48.0 Å². The molecule has 3 aromatic rings. The Morgan fingerprint density at radius 2 is 2.00 bits per heavy atom. The average Bonchev–Trinajstić information content (AvgIpc) is 2.90. The molecule has 0 saturated heterocycles. The Hall–Kier alpha value is -2.11. The molecule has 0 spiro atoms. The molecule has 0 unspecified atom stereocenters. The quantitative estimate of drug-likeness (QED) is 0.796. The fourth-order valence-corrected chi connectivity index (χ4v) is 2.71. The fourth-order valence-electron chi connectivity index (χ4n) is 1.88. The number of hydrogen-bond donors (Lipinski definition) is 1.